The van der Waals surface area contributed by atoms with Crippen LogP contribution in [0.2, 0.25) is 0 Å². The van der Waals surface area contributed by atoms with E-state index < -0.39 is 0 Å². The molecule has 1 aromatic rings. The van der Waals surface area contributed by atoms with Crippen molar-refractivity contribution in [1.82, 2.24) is 5.32 Å². The molecule has 1 aromatic carbocycles. The normalized spacial score (nSPS) is 14.7. The van der Waals surface area contributed by atoms with Crippen LogP contribution < -0.4 is 10.2 Å². The van der Waals surface area contributed by atoms with Gasteiger partial charge in [0, 0.05) is 24.8 Å². The van der Waals surface area contributed by atoms with Gasteiger partial charge in [-0.05, 0) is 68.3 Å². The predicted octanol–water partition coefficient (Wildman–Crippen LogP) is 4.51. The zero-order chi connectivity index (χ0) is 15.2. The first kappa shape index (κ1) is 16.4. The van der Waals surface area contributed by atoms with Gasteiger partial charge in [0.25, 0.3) is 0 Å². The molecular weight excluding hydrogens is 256 g/mol. The van der Waals surface area contributed by atoms with Crippen LogP contribution in [0.3, 0.4) is 0 Å². The van der Waals surface area contributed by atoms with Crippen molar-refractivity contribution in [2.24, 2.45) is 5.92 Å². The Morgan fingerprint density at radius 3 is 2.62 bits per heavy atom. The van der Waals surface area contributed by atoms with E-state index >= 15 is 0 Å². The summed E-state index contributed by atoms with van der Waals surface area (Å²) in [5.41, 5.74) is 4.29. The van der Waals surface area contributed by atoms with Gasteiger partial charge in [-0.2, -0.15) is 0 Å². The van der Waals surface area contributed by atoms with Gasteiger partial charge in [-0.1, -0.05) is 26.8 Å². The smallest absolute Gasteiger partial charge is 0.0371 e. The zero-order valence-electron chi connectivity index (χ0n) is 14.3. The monoisotopic (exact) mass is 288 g/mol. The average Bonchev–Trinajstić information content (AvgIpc) is 3.26. The molecule has 1 N–H and O–H groups in total. The first-order valence-corrected chi connectivity index (χ1v) is 8.68. The highest BCUT2D eigenvalue weighted by Gasteiger charge is 2.29. The van der Waals surface area contributed by atoms with Crippen molar-refractivity contribution in [2.45, 2.75) is 66.0 Å². The molecule has 118 valence electrons. The molecule has 0 aromatic heterocycles. The van der Waals surface area contributed by atoms with Crippen LogP contribution in [0.5, 0.6) is 0 Å². The van der Waals surface area contributed by atoms with Gasteiger partial charge >= 0.3 is 0 Å². The fourth-order valence-corrected chi connectivity index (χ4v) is 2.76. The fraction of sp³-hybridized carbons (Fsp3) is 0.684. The highest BCUT2D eigenvalue weighted by atomic mass is 15.2. The van der Waals surface area contributed by atoms with Gasteiger partial charge in [0.1, 0.15) is 0 Å². The lowest BCUT2D eigenvalue weighted by Gasteiger charge is -2.26. The first-order chi connectivity index (χ1) is 10.1. The van der Waals surface area contributed by atoms with Crippen molar-refractivity contribution >= 4 is 5.69 Å². The maximum atomic E-state index is 3.50. The molecule has 2 nitrogen and oxygen atoms in total. The van der Waals surface area contributed by atoms with Crippen LogP contribution in [-0.4, -0.2) is 19.1 Å². The second-order valence-corrected chi connectivity index (χ2v) is 6.89. The molecule has 1 saturated carbocycles. The molecule has 1 aliphatic rings. The van der Waals surface area contributed by atoms with Crippen molar-refractivity contribution in [3.8, 4) is 0 Å². The van der Waals surface area contributed by atoms with Crippen LogP contribution in [0.15, 0.2) is 18.2 Å². The minimum absolute atomic E-state index is 0.782. The third-order valence-electron chi connectivity index (χ3n) is 4.34. The lowest BCUT2D eigenvalue weighted by molar-refractivity contribution is 0.570. The fourth-order valence-electron chi connectivity index (χ4n) is 2.76. The summed E-state index contributed by atoms with van der Waals surface area (Å²) in [6.07, 6.45) is 5.23. The summed E-state index contributed by atoms with van der Waals surface area (Å²) in [5.74, 6) is 0.782. The lowest BCUT2D eigenvalue weighted by atomic mass is 10.1. The SMILES string of the molecule is CCCNCc1ccc(N(CCC(C)C)C2CC2)cc1C. The summed E-state index contributed by atoms with van der Waals surface area (Å²) >= 11 is 0. The van der Waals surface area contributed by atoms with Crippen molar-refractivity contribution < 1.29 is 0 Å². The average molecular weight is 288 g/mol. The van der Waals surface area contributed by atoms with E-state index in [-0.39, 0.29) is 0 Å². The van der Waals surface area contributed by atoms with Gasteiger partial charge < -0.3 is 10.2 Å². The highest BCUT2D eigenvalue weighted by molar-refractivity contribution is 5.52. The Bertz CT molecular complexity index is 435. The number of nitrogens with zero attached hydrogens (tertiary/aromatic N) is 1. The molecule has 0 spiro atoms. The number of rotatable bonds is 9. The van der Waals surface area contributed by atoms with Crippen molar-refractivity contribution in [3.05, 3.63) is 29.3 Å². The van der Waals surface area contributed by atoms with E-state index in [1.165, 1.54) is 49.0 Å². The topological polar surface area (TPSA) is 15.3 Å². The summed E-state index contributed by atoms with van der Waals surface area (Å²) < 4.78 is 0. The van der Waals surface area contributed by atoms with E-state index in [9.17, 15) is 0 Å². The Balaban J connectivity index is 2.02. The molecule has 2 rings (SSSR count). The molecule has 0 aliphatic heterocycles. The van der Waals surface area contributed by atoms with E-state index in [2.05, 4.69) is 56.1 Å². The second kappa shape index (κ2) is 7.84. The maximum Gasteiger partial charge on any atom is 0.0371 e. The Hall–Kier alpha value is -1.02. The molecule has 1 fully saturated rings. The number of hydrogen-bond donors (Lipinski definition) is 1. The molecule has 21 heavy (non-hydrogen) atoms. The number of hydrogen-bond acceptors (Lipinski definition) is 2. The minimum Gasteiger partial charge on any atom is -0.369 e. The number of benzene rings is 1. The van der Waals surface area contributed by atoms with Crippen LogP contribution in [0.4, 0.5) is 5.69 Å². The van der Waals surface area contributed by atoms with Crippen LogP contribution in [0.25, 0.3) is 0 Å². The first-order valence-electron chi connectivity index (χ1n) is 8.68. The van der Waals surface area contributed by atoms with Crippen molar-refractivity contribution in [1.29, 1.82) is 0 Å². The summed E-state index contributed by atoms with van der Waals surface area (Å²) in [6.45, 7) is 12.4. The molecular formula is C19H32N2. The number of aryl methyl sites for hydroxylation is 1. The van der Waals surface area contributed by atoms with Crippen molar-refractivity contribution in [2.75, 3.05) is 18.0 Å². The summed E-state index contributed by atoms with van der Waals surface area (Å²) in [4.78, 5) is 2.64. The standard InChI is InChI=1S/C19H32N2/c1-5-11-20-14-17-6-7-19(13-16(17)4)21(18-8-9-18)12-10-15(2)3/h6-7,13,15,18,20H,5,8-12,14H2,1-4H3. The molecule has 0 atom stereocenters. The van der Waals surface area contributed by atoms with E-state index in [0.29, 0.717) is 0 Å². The van der Waals surface area contributed by atoms with Gasteiger partial charge in [0.2, 0.25) is 0 Å². The quantitative estimate of drug-likeness (QED) is 0.673. The summed E-state index contributed by atoms with van der Waals surface area (Å²) in [7, 11) is 0. The molecule has 0 heterocycles. The van der Waals surface area contributed by atoms with Crippen LogP contribution in [-0.2, 0) is 6.54 Å². The lowest BCUT2D eigenvalue weighted by Crippen LogP contribution is -2.27. The molecule has 0 amide bonds. The van der Waals surface area contributed by atoms with E-state index in [1.54, 1.807) is 0 Å². The largest absolute Gasteiger partial charge is 0.369 e. The highest BCUT2D eigenvalue weighted by Crippen LogP contribution is 2.33. The van der Waals surface area contributed by atoms with Crippen LogP contribution >= 0.6 is 0 Å². The summed E-state index contributed by atoms with van der Waals surface area (Å²) in [6, 6.07) is 7.83. The second-order valence-electron chi connectivity index (χ2n) is 6.89. The molecule has 0 unspecified atom stereocenters. The maximum absolute atomic E-state index is 3.50. The van der Waals surface area contributed by atoms with Crippen LogP contribution in [0, 0.1) is 12.8 Å². The molecule has 0 saturated heterocycles. The molecule has 2 heteroatoms. The van der Waals surface area contributed by atoms with E-state index in [0.717, 1.165) is 25.0 Å². The number of nitrogens with one attached hydrogen (secondary N) is 1. The van der Waals surface area contributed by atoms with Gasteiger partial charge in [0.05, 0.1) is 0 Å². The van der Waals surface area contributed by atoms with Crippen molar-refractivity contribution in [3.63, 3.8) is 0 Å². The van der Waals surface area contributed by atoms with Gasteiger partial charge in [-0.3, -0.25) is 0 Å². The Kier molecular flexibility index (Phi) is 6.10. The van der Waals surface area contributed by atoms with Gasteiger partial charge in [-0.25, -0.2) is 0 Å². The van der Waals surface area contributed by atoms with Crippen LogP contribution in [0.1, 0.15) is 57.6 Å². The Morgan fingerprint density at radius 2 is 2.05 bits per heavy atom. The summed E-state index contributed by atoms with van der Waals surface area (Å²) in [5, 5.41) is 3.50. The number of anilines is 1. The minimum atomic E-state index is 0.782. The molecule has 1 aliphatic carbocycles. The van der Waals surface area contributed by atoms with Gasteiger partial charge in [0.15, 0.2) is 0 Å². The third-order valence-corrected chi connectivity index (χ3v) is 4.34. The van der Waals surface area contributed by atoms with E-state index in [1.807, 2.05) is 0 Å². The van der Waals surface area contributed by atoms with E-state index in [4.69, 9.17) is 0 Å². The Morgan fingerprint density at radius 1 is 1.29 bits per heavy atom. The Labute approximate surface area is 130 Å². The molecule has 0 radical (unpaired) electrons. The van der Waals surface area contributed by atoms with Gasteiger partial charge in [-0.15, -0.1) is 0 Å². The molecule has 0 bridgehead atoms. The third kappa shape index (κ3) is 5.03. The zero-order valence-corrected chi connectivity index (χ0v) is 14.3. The predicted molar refractivity (Wildman–Crippen MR) is 93.0 cm³/mol.